The Morgan fingerprint density at radius 2 is 2.59 bits per heavy atom. The number of aromatic nitrogens is 2. The SMILES string of the molecule is CCCN(CC1CCCO1)C(=O)c1ncc[nH]1. The van der Waals surface area contributed by atoms with Crippen molar-refractivity contribution < 1.29 is 9.53 Å². The number of amides is 1. The molecule has 17 heavy (non-hydrogen) atoms. The molecule has 1 unspecified atom stereocenters. The maximum absolute atomic E-state index is 12.2. The van der Waals surface area contributed by atoms with Gasteiger partial charge in [0.05, 0.1) is 6.10 Å². The molecular formula is C12H19N3O2. The first-order valence-electron chi connectivity index (χ1n) is 6.21. The van der Waals surface area contributed by atoms with E-state index in [9.17, 15) is 4.79 Å². The summed E-state index contributed by atoms with van der Waals surface area (Å²) in [6, 6.07) is 0. The van der Waals surface area contributed by atoms with Gasteiger partial charge in [-0.25, -0.2) is 4.98 Å². The molecule has 0 aromatic carbocycles. The molecule has 2 heterocycles. The largest absolute Gasteiger partial charge is 0.376 e. The van der Waals surface area contributed by atoms with Crippen LogP contribution in [0.15, 0.2) is 12.4 Å². The van der Waals surface area contributed by atoms with Gasteiger partial charge in [0, 0.05) is 32.1 Å². The molecule has 1 N–H and O–H groups in total. The van der Waals surface area contributed by atoms with Gasteiger partial charge in [-0.1, -0.05) is 6.92 Å². The van der Waals surface area contributed by atoms with Crippen LogP contribution in [-0.4, -0.2) is 46.6 Å². The van der Waals surface area contributed by atoms with Gasteiger partial charge >= 0.3 is 0 Å². The third-order valence-electron chi connectivity index (χ3n) is 2.93. The minimum absolute atomic E-state index is 0.0349. The average Bonchev–Trinajstić information content (AvgIpc) is 3.00. The second-order valence-electron chi connectivity index (χ2n) is 4.32. The summed E-state index contributed by atoms with van der Waals surface area (Å²) in [5.41, 5.74) is 0. The fraction of sp³-hybridized carbons (Fsp3) is 0.667. The zero-order chi connectivity index (χ0) is 12.1. The lowest BCUT2D eigenvalue weighted by Crippen LogP contribution is -2.38. The first-order valence-corrected chi connectivity index (χ1v) is 6.21. The lowest BCUT2D eigenvalue weighted by molar-refractivity contribution is 0.0518. The minimum Gasteiger partial charge on any atom is -0.376 e. The summed E-state index contributed by atoms with van der Waals surface area (Å²) in [6.07, 6.45) is 6.55. The van der Waals surface area contributed by atoms with Crippen molar-refractivity contribution in [2.24, 2.45) is 0 Å². The van der Waals surface area contributed by atoms with Gasteiger partial charge in [0.25, 0.3) is 5.91 Å². The zero-order valence-electron chi connectivity index (χ0n) is 10.2. The van der Waals surface area contributed by atoms with Gasteiger partial charge in [0.1, 0.15) is 0 Å². The molecule has 5 heteroatoms. The van der Waals surface area contributed by atoms with Crippen molar-refractivity contribution in [3.8, 4) is 0 Å². The first-order chi connectivity index (χ1) is 8.31. The summed E-state index contributed by atoms with van der Waals surface area (Å²) in [6.45, 7) is 4.31. The van der Waals surface area contributed by atoms with E-state index in [0.717, 1.165) is 32.4 Å². The molecule has 1 aliphatic heterocycles. The van der Waals surface area contributed by atoms with Crippen molar-refractivity contribution in [2.45, 2.75) is 32.3 Å². The van der Waals surface area contributed by atoms with E-state index in [0.29, 0.717) is 12.4 Å². The van der Waals surface area contributed by atoms with Crippen LogP contribution in [0.25, 0.3) is 0 Å². The van der Waals surface area contributed by atoms with Gasteiger partial charge in [-0.2, -0.15) is 0 Å². The molecule has 1 aliphatic rings. The van der Waals surface area contributed by atoms with Gasteiger partial charge in [-0.05, 0) is 19.3 Å². The van der Waals surface area contributed by atoms with Crippen molar-refractivity contribution in [3.05, 3.63) is 18.2 Å². The summed E-state index contributed by atoms with van der Waals surface area (Å²) in [5.74, 6) is 0.379. The second kappa shape index (κ2) is 5.82. The molecule has 2 rings (SSSR count). The molecule has 0 saturated carbocycles. The monoisotopic (exact) mass is 237 g/mol. The van der Waals surface area contributed by atoms with Crippen LogP contribution < -0.4 is 0 Å². The van der Waals surface area contributed by atoms with E-state index in [1.165, 1.54) is 0 Å². The summed E-state index contributed by atoms with van der Waals surface area (Å²) in [7, 11) is 0. The molecule has 1 atom stereocenters. The van der Waals surface area contributed by atoms with Crippen LogP contribution in [0, 0.1) is 0 Å². The highest BCUT2D eigenvalue weighted by Gasteiger charge is 2.23. The molecule has 0 aliphatic carbocycles. The molecule has 0 radical (unpaired) electrons. The van der Waals surface area contributed by atoms with Crippen LogP contribution >= 0.6 is 0 Å². The molecule has 1 fully saturated rings. The number of imidazole rings is 1. The Bertz CT molecular complexity index is 345. The lowest BCUT2D eigenvalue weighted by atomic mass is 10.2. The number of hydrogen-bond donors (Lipinski definition) is 1. The Hall–Kier alpha value is -1.36. The molecule has 5 nitrogen and oxygen atoms in total. The van der Waals surface area contributed by atoms with Gasteiger partial charge in [-0.15, -0.1) is 0 Å². The summed E-state index contributed by atoms with van der Waals surface area (Å²) in [5, 5.41) is 0. The van der Waals surface area contributed by atoms with Crippen molar-refractivity contribution in [3.63, 3.8) is 0 Å². The van der Waals surface area contributed by atoms with E-state index >= 15 is 0 Å². The number of ether oxygens (including phenoxy) is 1. The predicted octanol–water partition coefficient (Wildman–Crippen LogP) is 1.44. The molecule has 94 valence electrons. The van der Waals surface area contributed by atoms with Crippen LogP contribution in [-0.2, 0) is 4.74 Å². The van der Waals surface area contributed by atoms with Crippen molar-refractivity contribution >= 4 is 5.91 Å². The fourth-order valence-electron chi connectivity index (χ4n) is 2.11. The van der Waals surface area contributed by atoms with Crippen LogP contribution in [0.1, 0.15) is 36.8 Å². The Morgan fingerprint density at radius 1 is 1.71 bits per heavy atom. The number of H-pyrrole nitrogens is 1. The van der Waals surface area contributed by atoms with Crippen LogP contribution in [0.4, 0.5) is 0 Å². The summed E-state index contributed by atoms with van der Waals surface area (Å²) < 4.78 is 5.57. The number of carbonyl (C=O) groups excluding carboxylic acids is 1. The van der Waals surface area contributed by atoms with Crippen LogP contribution in [0.2, 0.25) is 0 Å². The van der Waals surface area contributed by atoms with Gasteiger partial charge in [0.2, 0.25) is 0 Å². The molecule has 1 saturated heterocycles. The molecule has 1 aromatic rings. The second-order valence-corrected chi connectivity index (χ2v) is 4.32. The number of nitrogens with zero attached hydrogens (tertiary/aromatic N) is 2. The number of carbonyl (C=O) groups is 1. The van der Waals surface area contributed by atoms with Crippen LogP contribution in [0.5, 0.6) is 0 Å². The molecular weight excluding hydrogens is 218 g/mol. The van der Waals surface area contributed by atoms with E-state index in [2.05, 4.69) is 16.9 Å². The van der Waals surface area contributed by atoms with Gasteiger partial charge in [-0.3, -0.25) is 4.79 Å². The highest BCUT2D eigenvalue weighted by Crippen LogP contribution is 2.14. The highest BCUT2D eigenvalue weighted by molar-refractivity contribution is 5.90. The third-order valence-corrected chi connectivity index (χ3v) is 2.93. The van der Waals surface area contributed by atoms with E-state index < -0.39 is 0 Å². The fourth-order valence-corrected chi connectivity index (χ4v) is 2.11. The Labute approximate surface area is 101 Å². The molecule has 1 amide bonds. The lowest BCUT2D eigenvalue weighted by Gasteiger charge is -2.24. The number of rotatable bonds is 5. The van der Waals surface area contributed by atoms with Crippen molar-refractivity contribution in [1.29, 1.82) is 0 Å². The molecule has 0 bridgehead atoms. The standard InChI is InChI=1S/C12H19N3O2/c1-2-7-15(9-10-4-3-8-17-10)12(16)11-13-5-6-14-11/h5-6,10H,2-4,7-9H2,1H3,(H,13,14). The highest BCUT2D eigenvalue weighted by atomic mass is 16.5. The van der Waals surface area contributed by atoms with E-state index in [-0.39, 0.29) is 12.0 Å². The molecule has 1 aromatic heterocycles. The predicted molar refractivity (Wildman–Crippen MR) is 63.8 cm³/mol. The smallest absolute Gasteiger partial charge is 0.289 e. The topological polar surface area (TPSA) is 58.2 Å². The first kappa shape index (κ1) is 12.1. The quantitative estimate of drug-likeness (QED) is 0.843. The zero-order valence-corrected chi connectivity index (χ0v) is 10.2. The Balaban J connectivity index is 1.98. The Morgan fingerprint density at radius 3 is 3.18 bits per heavy atom. The van der Waals surface area contributed by atoms with Gasteiger partial charge < -0.3 is 14.6 Å². The molecule has 0 spiro atoms. The summed E-state index contributed by atoms with van der Waals surface area (Å²) >= 11 is 0. The maximum atomic E-state index is 12.2. The van der Waals surface area contributed by atoms with Crippen molar-refractivity contribution in [1.82, 2.24) is 14.9 Å². The maximum Gasteiger partial charge on any atom is 0.289 e. The van der Waals surface area contributed by atoms with Crippen LogP contribution in [0.3, 0.4) is 0 Å². The number of hydrogen-bond acceptors (Lipinski definition) is 3. The van der Waals surface area contributed by atoms with E-state index in [1.807, 2.05) is 4.90 Å². The van der Waals surface area contributed by atoms with E-state index in [1.54, 1.807) is 12.4 Å². The summed E-state index contributed by atoms with van der Waals surface area (Å²) in [4.78, 5) is 20.9. The minimum atomic E-state index is -0.0349. The van der Waals surface area contributed by atoms with E-state index in [4.69, 9.17) is 4.74 Å². The number of aromatic amines is 1. The average molecular weight is 237 g/mol. The Kier molecular flexibility index (Phi) is 4.14. The van der Waals surface area contributed by atoms with Gasteiger partial charge in [0.15, 0.2) is 5.82 Å². The normalized spacial score (nSPS) is 19.5. The third kappa shape index (κ3) is 3.06. The van der Waals surface area contributed by atoms with Crippen molar-refractivity contribution in [2.75, 3.05) is 19.7 Å². The number of nitrogens with one attached hydrogen (secondary N) is 1.